The summed E-state index contributed by atoms with van der Waals surface area (Å²) >= 11 is 0. The van der Waals surface area contributed by atoms with Crippen molar-refractivity contribution < 1.29 is 18.5 Å². The van der Waals surface area contributed by atoms with Gasteiger partial charge >= 0.3 is 5.88 Å². The first kappa shape index (κ1) is 12.9. The van der Waals surface area contributed by atoms with Gasteiger partial charge in [0.25, 0.3) is 0 Å². The summed E-state index contributed by atoms with van der Waals surface area (Å²) in [6.07, 6.45) is 0. The molecule has 1 heterocycles. The molecule has 0 bridgehead atoms. The number of nitro groups is 1. The quantitative estimate of drug-likeness (QED) is 0.484. The van der Waals surface area contributed by atoms with Crippen LogP contribution in [0.1, 0.15) is 27.2 Å². The lowest BCUT2D eigenvalue weighted by atomic mass is 10.0. The Hall–Kier alpha value is -2.50. The van der Waals surface area contributed by atoms with Gasteiger partial charge in [-0.1, -0.05) is 0 Å². The number of ketones is 1. The van der Waals surface area contributed by atoms with Crippen molar-refractivity contribution in [2.45, 2.75) is 13.8 Å². The van der Waals surface area contributed by atoms with Gasteiger partial charge in [-0.05, 0) is 43.2 Å². The van der Waals surface area contributed by atoms with E-state index in [2.05, 4.69) is 0 Å². The number of halogens is 1. The molecular formula is C13H10FNO4. The van der Waals surface area contributed by atoms with Crippen LogP contribution >= 0.6 is 0 Å². The van der Waals surface area contributed by atoms with Crippen LogP contribution in [-0.2, 0) is 0 Å². The zero-order valence-corrected chi connectivity index (χ0v) is 10.3. The standard InChI is InChI=1S/C13H10FNO4/c1-7-5-9(6-8(2)12(7)14)13(16)10-3-4-11(19-10)15(17)18/h3-6H,1-2H3. The number of furan rings is 1. The summed E-state index contributed by atoms with van der Waals surface area (Å²) in [5.41, 5.74) is 0.912. The second kappa shape index (κ2) is 4.64. The molecule has 5 nitrogen and oxygen atoms in total. The Labute approximate surface area is 107 Å². The normalized spacial score (nSPS) is 10.5. The Morgan fingerprint density at radius 2 is 1.84 bits per heavy atom. The van der Waals surface area contributed by atoms with Crippen molar-refractivity contribution in [3.05, 3.63) is 62.6 Å². The fraction of sp³-hybridized carbons (Fsp3) is 0.154. The molecule has 0 radical (unpaired) electrons. The Balaban J connectivity index is 2.41. The van der Waals surface area contributed by atoms with Gasteiger partial charge in [0.15, 0.2) is 5.76 Å². The third kappa shape index (κ3) is 2.37. The molecule has 1 aromatic heterocycles. The number of hydrogen-bond donors (Lipinski definition) is 0. The third-order valence-electron chi connectivity index (χ3n) is 2.69. The second-order valence-corrected chi connectivity index (χ2v) is 4.15. The Morgan fingerprint density at radius 1 is 1.26 bits per heavy atom. The van der Waals surface area contributed by atoms with E-state index in [4.69, 9.17) is 4.42 Å². The van der Waals surface area contributed by atoms with E-state index in [1.165, 1.54) is 18.2 Å². The first-order valence-electron chi connectivity index (χ1n) is 5.46. The van der Waals surface area contributed by atoms with E-state index < -0.39 is 16.6 Å². The summed E-state index contributed by atoms with van der Waals surface area (Å²) in [5, 5.41) is 10.5. The van der Waals surface area contributed by atoms with Crippen LogP contribution in [0.2, 0.25) is 0 Å². The van der Waals surface area contributed by atoms with Gasteiger partial charge in [0.2, 0.25) is 5.78 Å². The number of carbonyl (C=O) groups excluding carboxylic acids is 1. The summed E-state index contributed by atoms with van der Waals surface area (Å²) in [6, 6.07) is 5.11. The van der Waals surface area contributed by atoms with Gasteiger partial charge in [0, 0.05) is 5.56 Å². The molecule has 98 valence electrons. The van der Waals surface area contributed by atoms with Crippen LogP contribution in [0.15, 0.2) is 28.7 Å². The van der Waals surface area contributed by atoms with Gasteiger partial charge in [0.05, 0.1) is 6.07 Å². The van der Waals surface area contributed by atoms with E-state index in [1.54, 1.807) is 13.8 Å². The lowest BCUT2D eigenvalue weighted by Gasteiger charge is -2.04. The number of rotatable bonds is 3. The Morgan fingerprint density at radius 3 is 2.32 bits per heavy atom. The van der Waals surface area contributed by atoms with Crippen LogP contribution in [0.5, 0.6) is 0 Å². The largest absolute Gasteiger partial charge is 0.433 e. The number of aryl methyl sites for hydroxylation is 2. The molecular weight excluding hydrogens is 253 g/mol. The molecule has 0 fully saturated rings. The van der Waals surface area contributed by atoms with Gasteiger partial charge in [-0.15, -0.1) is 0 Å². The maximum atomic E-state index is 13.5. The molecule has 0 saturated carbocycles. The lowest BCUT2D eigenvalue weighted by molar-refractivity contribution is -0.402. The fourth-order valence-electron chi connectivity index (χ4n) is 1.77. The van der Waals surface area contributed by atoms with Crippen LogP contribution in [0.4, 0.5) is 10.3 Å². The highest BCUT2D eigenvalue weighted by molar-refractivity contribution is 6.07. The van der Waals surface area contributed by atoms with Crippen molar-refractivity contribution in [1.82, 2.24) is 0 Å². The van der Waals surface area contributed by atoms with Crippen molar-refractivity contribution in [3.8, 4) is 0 Å². The first-order valence-corrected chi connectivity index (χ1v) is 5.46. The van der Waals surface area contributed by atoms with E-state index in [9.17, 15) is 19.3 Å². The van der Waals surface area contributed by atoms with Gasteiger partial charge in [-0.2, -0.15) is 0 Å². The molecule has 0 aliphatic rings. The molecule has 0 aliphatic carbocycles. The molecule has 1 aromatic carbocycles. The van der Waals surface area contributed by atoms with Crippen molar-refractivity contribution in [2.24, 2.45) is 0 Å². The van der Waals surface area contributed by atoms with E-state index in [-0.39, 0.29) is 17.1 Å². The van der Waals surface area contributed by atoms with E-state index in [0.717, 1.165) is 6.07 Å². The molecule has 0 saturated heterocycles. The third-order valence-corrected chi connectivity index (χ3v) is 2.69. The fourth-order valence-corrected chi connectivity index (χ4v) is 1.77. The lowest BCUT2D eigenvalue weighted by Crippen LogP contribution is -2.02. The van der Waals surface area contributed by atoms with Gasteiger partial charge in [-0.25, -0.2) is 4.39 Å². The van der Waals surface area contributed by atoms with Crippen molar-refractivity contribution in [3.63, 3.8) is 0 Å². The molecule has 2 rings (SSSR count). The van der Waals surface area contributed by atoms with E-state index >= 15 is 0 Å². The van der Waals surface area contributed by atoms with Gasteiger partial charge < -0.3 is 4.42 Å². The topological polar surface area (TPSA) is 73.3 Å². The second-order valence-electron chi connectivity index (χ2n) is 4.15. The average molecular weight is 263 g/mol. The van der Waals surface area contributed by atoms with Crippen LogP contribution in [0, 0.1) is 29.8 Å². The highest BCUT2D eigenvalue weighted by Crippen LogP contribution is 2.21. The highest BCUT2D eigenvalue weighted by Gasteiger charge is 2.19. The number of carbonyl (C=O) groups is 1. The van der Waals surface area contributed by atoms with E-state index in [1.807, 2.05) is 0 Å². The maximum Gasteiger partial charge on any atom is 0.433 e. The molecule has 0 unspecified atom stereocenters. The summed E-state index contributed by atoms with van der Waals surface area (Å²) in [4.78, 5) is 21.8. The van der Waals surface area contributed by atoms with Crippen LogP contribution < -0.4 is 0 Å². The van der Waals surface area contributed by atoms with Crippen molar-refractivity contribution in [2.75, 3.05) is 0 Å². The first-order chi connectivity index (χ1) is 8.90. The average Bonchev–Trinajstić information content (AvgIpc) is 2.84. The minimum Gasteiger partial charge on any atom is -0.397 e. The van der Waals surface area contributed by atoms with Crippen LogP contribution in [0.25, 0.3) is 0 Å². The molecule has 6 heteroatoms. The van der Waals surface area contributed by atoms with Crippen molar-refractivity contribution in [1.29, 1.82) is 0 Å². The van der Waals surface area contributed by atoms with Crippen LogP contribution in [-0.4, -0.2) is 10.7 Å². The monoisotopic (exact) mass is 263 g/mol. The minimum absolute atomic E-state index is 0.142. The van der Waals surface area contributed by atoms with Crippen LogP contribution in [0.3, 0.4) is 0 Å². The zero-order chi connectivity index (χ0) is 14.2. The summed E-state index contributed by atoms with van der Waals surface area (Å²) in [6.45, 7) is 3.09. The SMILES string of the molecule is Cc1cc(C(=O)c2ccc([N+](=O)[O-])o2)cc(C)c1F. The predicted octanol–water partition coefficient (Wildman–Crippen LogP) is 3.17. The van der Waals surface area contributed by atoms with E-state index in [0.29, 0.717) is 11.1 Å². The zero-order valence-electron chi connectivity index (χ0n) is 10.3. The summed E-state index contributed by atoms with van der Waals surface area (Å²) < 4.78 is 18.3. The molecule has 0 N–H and O–H groups in total. The minimum atomic E-state index is -0.724. The highest BCUT2D eigenvalue weighted by atomic mass is 19.1. The molecule has 2 aromatic rings. The van der Waals surface area contributed by atoms with Crippen molar-refractivity contribution >= 4 is 11.7 Å². The summed E-state index contributed by atoms with van der Waals surface area (Å²) in [5.74, 6) is -1.53. The number of nitrogens with zero attached hydrogens (tertiary/aromatic N) is 1. The number of benzene rings is 1. The van der Waals surface area contributed by atoms with Gasteiger partial charge in [-0.3, -0.25) is 14.9 Å². The molecule has 0 spiro atoms. The molecule has 0 aliphatic heterocycles. The number of hydrogen-bond acceptors (Lipinski definition) is 4. The van der Waals surface area contributed by atoms with Gasteiger partial charge in [0.1, 0.15) is 10.7 Å². The Kier molecular flexibility index (Phi) is 3.16. The summed E-state index contributed by atoms with van der Waals surface area (Å²) in [7, 11) is 0. The molecule has 0 atom stereocenters. The Bertz CT molecular complexity index is 652. The molecule has 19 heavy (non-hydrogen) atoms. The predicted molar refractivity (Wildman–Crippen MR) is 64.7 cm³/mol. The molecule has 0 amide bonds. The smallest absolute Gasteiger partial charge is 0.397 e. The maximum absolute atomic E-state index is 13.5.